The van der Waals surface area contributed by atoms with Gasteiger partial charge in [-0.2, -0.15) is 0 Å². The minimum absolute atomic E-state index is 0.0789. The predicted octanol–water partition coefficient (Wildman–Crippen LogP) is 7.25. The molecule has 1 N–H and O–H groups in total. The molecule has 0 saturated carbocycles. The van der Waals surface area contributed by atoms with Crippen LogP contribution >= 0.6 is 22.9 Å². The average Bonchev–Trinajstić information content (AvgIpc) is 3.48. The molecule has 1 atom stereocenters. The Balaban J connectivity index is 1.74. The van der Waals surface area contributed by atoms with Crippen LogP contribution in [0.25, 0.3) is 27.5 Å². The van der Waals surface area contributed by atoms with Crippen molar-refractivity contribution in [1.82, 2.24) is 19.8 Å². The van der Waals surface area contributed by atoms with E-state index in [2.05, 4.69) is 5.32 Å². The van der Waals surface area contributed by atoms with E-state index in [9.17, 15) is 18.4 Å². The standard InChI is InChI=1S/C33H35ClF2N4O3S/c1-5-43-29-11-10-23(34)15-28(29)40-27(14-19(2)3)24(32(41)39-13-12-37-20(4)17-39)16-25(33(40)42)31-38-26(18-44-31)21-6-8-22(9-7-21)30(35)36/h6-11,15-16,18-20,30,37H,5,12-14,17H2,1-4H3/t20-/m1/s1. The summed E-state index contributed by atoms with van der Waals surface area (Å²) in [4.78, 5) is 35.3. The summed E-state index contributed by atoms with van der Waals surface area (Å²) in [5.41, 5.74) is 2.46. The van der Waals surface area contributed by atoms with Crippen molar-refractivity contribution in [2.24, 2.45) is 5.92 Å². The fraction of sp³-hybridized carbons (Fsp3) is 0.364. The summed E-state index contributed by atoms with van der Waals surface area (Å²) in [5, 5.41) is 5.99. The summed E-state index contributed by atoms with van der Waals surface area (Å²) in [6, 6.07) is 12.8. The quantitative estimate of drug-likeness (QED) is 0.209. The maximum Gasteiger partial charge on any atom is 0.265 e. The number of nitrogens with one attached hydrogen (secondary N) is 1. The van der Waals surface area contributed by atoms with E-state index in [1.54, 1.807) is 46.3 Å². The van der Waals surface area contributed by atoms with Crippen molar-refractivity contribution in [3.05, 3.63) is 86.1 Å². The monoisotopic (exact) mass is 640 g/mol. The number of hydrogen-bond acceptors (Lipinski definition) is 6. The highest BCUT2D eigenvalue weighted by molar-refractivity contribution is 7.13. The number of carbonyl (C=O) groups is 1. The molecule has 0 aliphatic carbocycles. The third kappa shape index (κ3) is 6.72. The van der Waals surface area contributed by atoms with Crippen molar-refractivity contribution in [2.75, 3.05) is 26.2 Å². The SMILES string of the molecule is CCOc1ccc(Cl)cc1-n1c(CC(C)C)c(C(=O)N2CCN[C@H](C)C2)cc(-c2nc(-c3ccc(C(F)F)cc3)cs2)c1=O. The number of aromatic nitrogens is 2. The van der Waals surface area contributed by atoms with Gasteiger partial charge in [0.15, 0.2) is 0 Å². The lowest BCUT2D eigenvalue weighted by atomic mass is 9.99. The van der Waals surface area contributed by atoms with E-state index in [0.717, 1.165) is 0 Å². The first kappa shape index (κ1) is 31.8. The lowest BCUT2D eigenvalue weighted by Crippen LogP contribution is -2.51. The second-order valence-electron chi connectivity index (χ2n) is 11.3. The van der Waals surface area contributed by atoms with Gasteiger partial charge in [-0.3, -0.25) is 14.2 Å². The first-order valence-corrected chi connectivity index (χ1v) is 15.9. The van der Waals surface area contributed by atoms with Gasteiger partial charge in [-0.15, -0.1) is 11.3 Å². The Labute approximate surface area is 264 Å². The maximum absolute atomic E-state index is 14.5. The number of halogens is 3. The minimum Gasteiger partial charge on any atom is -0.492 e. The summed E-state index contributed by atoms with van der Waals surface area (Å²) in [6.07, 6.45) is -2.11. The van der Waals surface area contributed by atoms with Crippen LogP contribution in [0.3, 0.4) is 0 Å². The zero-order valence-corrected chi connectivity index (χ0v) is 26.6. The van der Waals surface area contributed by atoms with Gasteiger partial charge in [0.2, 0.25) is 0 Å². The normalized spacial score (nSPS) is 15.3. The third-order valence-corrected chi connectivity index (χ3v) is 8.56. The van der Waals surface area contributed by atoms with Crippen LogP contribution in [0.5, 0.6) is 5.75 Å². The molecule has 0 bridgehead atoms. The Morgan fingerprint density at radius 3 is 2.59 bits per heavy atom. The molecule has 232 valence electrons. The van der Waals surface area contributed by atoms with Gasteiger partial charge >= 0.3 is 0 Å². The van der Waals surface area contributed by atoms with Gasteiger partial charge in [0, 0.05) is 52.9 Å². The lowest BCUT2D eigenvalue weighted by Gasteiger charge is -2.33. The van der Waals surface area contributed by atoms with E-state index in [1.165, 1.54) is 23.5 Å². The second kappa shape index (κ2) is 13.6. The highest BCUT2D eigenvalue weighted by Gasteiger charge is 2.29. The molecular formula is C33H35ClF2N4O3S. The number of piperazine rings is 1. The topological polar surface area (TPSA) is 76.5 Å². The van der Waals surface area contributed by atoms with Gasteiger partial charge in [-0.25, -0.2) is 13.8 Å². The first-order chi connectivity index (χ1) is 21.1. The van der Waals surface area contributed by atoms with Crippen LogP contribution in [0.15, 0.2) is 58.7 Å². The molecule has 0 radical (unpaired) electrons. The molecule has 0 spiro atoms. The summed E-state index contributed by atoms with van der Waals surface area (Å²) in [6.45, 7) is 10.1. The van der Waals surface area contributed by atoms with Crippen LogP contribution in [0.2, 0.25) is 5.02 Å². The number of thiazole rings is 1. The average molecular weight is 641 g/mol. The molecule has 0 unspecified atom stereocenters. The molecule has 44 heavy (non-hydrogen) atoms. The molecule has 11 heteroatoms. The highest BCUT2D eigenvalue weighted by Crippen LogP contribution is 2.33. The number of amides is 1. The molecule has 2 aromatic heterocycles. The van der Waals surface area contributed by atoms with Crippen molar-refractivity contribution in [2.45, 2.75) is 46.6 Å². The van der Waals surface area contributed by atoms with Gasteiger partial charge < -0.3 is 15.0 Å². The van der Waals surface area contributed by atoms with E-state index < -0.39 is 6.43 Å². The van der Waals surface area contributed by atoms with Gasteiger partial charge in [0.05, 0.1) is 29.1 Å². The molecule has 1 aliphatic heterocycles. The predicted molar refractivity (Wildman–Crippen MR) is 172 cm³/mol. The van der Waals surface area contributed by atoms with Crippen LogP contribution < -0.4 is 15.6 Å². The Morgan fingerprint density at radius 2 is 1.93 bits per heavy atom. The van der Waals surface area contributed by atoms with Crippen molar-refractivity contribution in [3.63, 3.8) is 0 Å². The van der Waals surface area contributed by atoms with Crippen molar-refractivity contribution in [3.8, 4) is 33.3 Å². The summed E-state index contributed by atoms with van der Waals surface area (Å²) in [7, 11) is 0. The van der Waals surface area contributed by atoms with Crippen LogP contribution in [0.1, 0.15) is 55.7 Å². The zero-order chi connectivity index (χ0) is 31.5. The summed E-state index contributed by atoms with van der Waals surface area (Å²) >= 11 is 7.72. The number of ether oxygens (including phenoxy) is 1. The summed E-state index contributed by atoms with van der Waals surface area (Å²) < 4.78 is 33.7. The minimum atomic E-state index is -2.57. The molecule has 5 rings (SSSR count). The Morgan fingerprint density at radius 1 is 1.18 bits per heavy atom. The van der Waals surface area contributed by atoms with Crippen LogP contribution in [-0.4, -0.2) is 52.6 Å². The van der Waals surface area contributed by atoms with Gasteiger partial charge in [0.1, 0.15) is 10.8 Å². The molecule has 7 nitrogen and oxygen atoms in total. The van der Waals surface area contributed by atoms with Gasteiger partial charge in [-0.1, -0.05) is 49.7 Å². The van der Waals surface area contributed by atoms with E-state index in [1.807, 2.05) is 32.6 Å². The zero-order valence-electron chi connectivity index (χ0n) is 25.1. The van der Waals surface area contributed by atoms with Gasteiger partial charge in [0.25, 0.3) is 17.9 Å². The van der Waals surface area contributed by atoms with Crippen molar-refractivity contribution >= 4 is 28.8 Å². The van der Waals surface area contributed by atoms with Crippen LogP contribution in [0.4, 0.5) is 8.78 Å². The molecule has 1 fully saturated rings. The van der Waals surface area contributed by atoms with E-state index in [-0.39, 0.29) is 34.6 Å². The largest absolute Gasteiger partial charge is 0.492 e. The molecule has 1 saturated heterocycles. The number of nitrogens with zero attached hydrogens (tertiary/aromatic N) is 3. The number of carbonyl (C=O) groups excluding carboxylic acids is 1. The van der Waals surface area contributed by atoms with Gasteiger partial charge in [-0.05, 0) is 50.5 Å². The smallest absolute Gasteiger partial charge is 0.265 e. The second-order valence-corrected chi connectivity index (χ2v) is 12.6. The number of alkyl halides is 2. The number of hydrogen-bond donors (Lipinski definition) is 1. The van der Waals surface area contributed by atoms with E-state index in [0.29, 0.717) is 76.6 Å². The molecule has 4 aromatic rings. The summed E-state index contributed by atoms with van der Waals surface area (Å²) in [5.74, 6) is 0.426. The van der Waals surface area contributed by atoms with E-state index >= 15 is 0 Å². The number of pyridine rings is 1. The lowest BCUT2D eigenvalue weighted by molar-refractivity contribution is 0.0707. The Kier molecular flexibility index (Phi) is 9.82. The third-order valence-electron chi connectivity index (χ3n) is 7.45. The fourth-order valence-corrected chi connectivity index (χ4v) is 6.40. The van der Waals surface area contributed by atoms with Crippen LogP contribution in [0, 0.1) is 5.92 Å². The molecule has 2 aromatic carbocycles. The van der Waals surface area contributed by atoms with Crippen LogP contribution in [-0.2, 0) is 6.42 Å². The Bertz CT molecular complexity index is 1700. The molecule has 1 aliphatic rings. The molecular weight excluding hydrogens is 606 g/mol. The maximum atomic E-state index is 14.5. The van der Waals surface area contributed by atoms with Crippen molar-refractivity contribution < 1.29 is 18.3 Å². The number of benzene rings is 2. The van der Waals surface area contributed by atoms with Crippen molar-refractivity contribution in [1.29, 1.82) is 0 Å². The number of rotatable bonds is 9. The highest BCUT2D eigenvalue weighted by atomic mass is 35.5. The Hall–Kier alpha value is -3.60. The first-order valence-electron chi connectivity index (χ1n) is 14.7. The fourth-order valence-electron chi connectivity index (χ4n) is 5.39. The molecule has 3 heterocycles. The molecule has 1 amide bonds. The van der Waals surface area contributed by atoms with E-state index in [4.69, 9.17) is 21.3 Å².